The highest BCUT2D eigenvalue weighted by Gasteiger charge is 2.23. The molecule has 0 aliphatic rings. The molecule has 2 aromatic carbocycles. The van der Waals surface area contributed by atoms with E-state index in [-0.39, 0.29) is 11.7 Å². The molecule has 0 bridgehead atoms. The highest BCUT2D eigenvalue weighted by atomic mass is 32.1. The minimum Gasteiger partial charge on any atom is -0.448 e. The predicted molar refractivity (Wildman–Crippen MR) is 128 cm³/mol. The van der Waals surface area contributed by atoms with E-state index in [0.29, 0.717) is 32.5 Å². The Bertz CT molecular complexity index is 1380. The Hall–Kier alpha value is -4.05. The van der Waals surface area contributed by atoms with Crippen LogP contribution in [-0.2, 0) is 14.3 Å². The summed E-state index contributed by atoms with van der Waals surface area (Å²) in [5, 5.41) is 10.6. The molecule has 0 saturated heterocycles. The average Bonchev–Trinajstić information content (AvgIpc) is 3.36. The molecule has 10 heteroatoms. The number of benzene rings is 2. The van der Waals surface area contributed by atoms with Gasteiger partial charge in [-0.15, -0.1) is 11.3 Å². The van der Waals surface area contributed by atoms with E-state index >= 15 is 0 Å². The summed E-state index contributed by atoms with van der Waals surface area (Å²) in [5.74, 6) is -1.67. The Kier molecular flexibility index (Phi) is 6.42. The number of thiophene rings is 1. The number of ether oxygens (including phenoxy) is 1. The number of halogens is 1. The van der Waals surface area contributed by atoms with Crippen LogP contribution in [0.1, 0.15) is 29.2 Å². The summed E-state index contributed by atoms with van der Waals surface area (Å²) in [4.78, 5) is 37.3. The molecule has 1 atom stereocenters. The van der Waals surface area contributed by atoms with Gasteiger partial charge in [0.05, 0.1) is 11.4 Å². The van der Waals surface area contributed by atoms with Gasteiger partial charge in [-0.2, -0.15) is 5.10 Å². The van der Waals surface area contributed by atoms with E-state index in [1.54, 1.807) is 47.1 Å². The van der Waals surface area contributed by atoms with Crippen LogP contribution in [0, 0.1) is 12.7 Å². The molecule has 0 unspecified atom stereocenters. The first-order valence-corrected chi connectivity index (χ1v) is 11.2. The second-order valence-corrected chi connectivity index (χ2v) is 8.63. The second kappa shape index (κ2) is 9.44. The van der Waals surface area contributed by atoms with Gasteiger partial charge < -0.3 is 15.4 Å². The van der Waals surface area contributed by atoms with Crippen LogP contribution >= 0.6 is 11.3 Å². The van der Waals surface area contributed by atoms with Crippen LogP contribution in [0.3, 0.4) is 0 Å². The summed E-state index contributed by atoms with van der Waals surface area (Å²) in [6, 6.07) is 14.1. The highest BCUT2D eigenvalue weighted by molar-refractivity contribution is 7.20. The van der Waals surface area contributed by atoms with Crippen molar-refractivity contribution in [1.82, 2.24) is 9.78 Å². The Morgan fingerprint density at radius 2 is 1.65 bits per heavy atom. The van der Waals surface area contributed by atoms with Crippen molar-refractivity contribution < 1.29 is 23.5 Å². The van der Waals surface area contributed by atoms with Crippen LogP contribution in [0.4, 0.5) is 15.8 Å². The van der Waals surface area contributed by atoms with Gasteiger partial charge in [-0.1, -0.05) is 0 Å². The summed E-state index contributed by atoms with van der Waals surface area (Å²) in [5.41, 5.74) is 2.48. The molecule has 0 radical (unpaired) electrons. The molecule has 0 aliphatic heterocycles. The standard InChI is InChI=1S/C24H21FN4O4S/c1-13-20-12-21(34-23(20)29(28-13)19-10-4-16(25)5-11-19)24(32)33-14(2)22(31)27-18-8-6-17(7-9-18)26-15(3)30/h4-12,14H,1-3H3,(H,26,30)(H,27,31)/t14-/m1/s1. The quantitative estimate of drug-likeness (QED) is 0.390. The van der Waals surface area contributed by atoms with Gasteiger partial charge in [-0.25, -0.2) is 13.9 Å². The zero-order chi connectivity index (χ0) is 24.4. The minimum absolute atomic E-state index is 0.195. The topological polar surface area (TPSA) is 102 Å². The smallest absolute Gasteiger partial charge is 0.349 e. The lowest BCUT2D eigenvalue weighted by atomic mass is 10.2. The predicted octanol–water partition coefficient (Wildman–Crippen LogP) is 4.68. The molecule has 0 saturated carbocycles. The highest BCUT2D eigenvalue weighted by Crippen LogP contribution is 2.31. The Balaban J connectivity index is 1.45. The molecule has 2 N–H and O–H groups in total. The Morgan fingerprint density at radius 3 is 2.26 bits per heavy atom. The SMILES string of the molecule is CC(=O)Nc1ccc(NC(=O)[C@@H](C)OC(=O)c2cc3c(C)nn(-c4ccc(F)cc4)c3s2)cc1. The molecular formula is C24H21FN4O4S. The first kappa shape index (κ1) is 23.1. The van der Waals surface area contributed by atoms with E-state index in [9.17, 15) is 18.8 Å². The molecule has 0 aliphatic carbocycles. The number of carbonyl (C=O) groups is 3. The number of hydrogen-bond donors (Lipinski definition) is 2. The Morgan fingerprint density at radius 1 is 1.03 bits per heavy atom. The number of rotatable bonds is 6. The number of anilines is 2. The average molecular weight is 481 g/mol. The van der Waals surface area contributed by atoms with Crippen LogP contribution in [0.15, 0.2) is 54.6 Å². The lowest BCUT2D eigenvalue weighted by Gasteiger charge is -2.13. The van der Waals surface area contributed by atoms with Gasteiger partial charge in [0.15, 0.2) is 6.10 Å². The molecule has 34 heavy (non-hydrogen) atoms. The first-order chi connectivity index (χ1) is 16.2. The summed E-state index contributed by atoms with van der Waals surface area (Å²) in [6.45, 7) is 4.71. The van der Waals surface area contributed by atoms with Gasteiger partial charge in [-0.3, -0.25) is 9.59 Å². The zero-order valence-electron chi connectivity index (χ0n) is 18.6. The van der Waals surface area contributed by atoms with Crippen LogP contribution in [0.2, 0.25) is 0 Å². The number of hydrogen-bond acceptors (Lipinski definition) is 6. The maximum Gasteiger partial charge on any atom is 0.349 e. The van der Waals surface area contributed by atoms with E-state index in [1.165, 1.54) is 37.3 Å². The third-order valence-electron chi connectivity index (χ3n) is 4.94. The minimum atomic E-state index is -1.04. The Labute approximate surface area is 198 Å². The van der Waals surface area contributed by atoms with E-state index in [1.807, 2.05) is 6.92 Å². The molecule has 4 aromatic rings. The number of carbonyl (C=O) groups excluding carboxylic acids is 3. The molecule has 2 aromatic heterocycles. The third-order valence-corrected chi connectivity index (χ3v) is 6.03. The fourth-order valence-corrected chi connectivity index (χ4v) is 4.33. The van der Waals surface area contributed by atoms with Crippen LogP contribution in [0.5, 0.6) is 0 Å². The molecular weight excluding hydrogens is 459 g/mol. The fraction of sp³-hybridized carbons (Fsp3) is 0.167. The van der Waals surface area contributed by atoms with E-state index in [2.05, 4.69) is 15.7 Å². The second-order valence-electron chi connectivity index (χ2n) is 7.60. The van der Waals surface area contributed by atoms with Gasteiger partial charge >= 0.3 is 5.97 Å². The van der Waals surface area contributed by atoms with E-state index < -0.39 is 18.0 Å². The molecule has 8 nitrogen and oxygen atoms in total. The van der Waals surface area contributed by atoms with Crippen molar-refractivity contribution in [2.45, 2.75) is 26.9 Å². The molecule has 4 rings (SSSR count). The zero-order valence-corrected chi connectivity index (χ0v) is 19.4. The number of nitrogens with one attached hydrogen (secondary N) is 2. The van der Waals surface area contributed by atoms with Crippen molar-refractivity contribution in [3.05, 3.63) is 71.0 Å². The number of aryl methyl sites for hydroxylation is 1. The van der Waals surface area contributed by atoms with Gasteiger partial charge in [0.25, 0.3) is 5.91 Å². The summed E-state index contributed by atoms with van der Waals surface area (Å²) in [7, 11) is 0. The van der Waals surface area contributed by atoms with Gasteiger partial charge in [0.1, 0.15) is 15.5 Å². The summed E-state index contributed by atoms with van der Waals surface area (Å²) in [6.07, 6.45) is -1.04. The van der Waals surface area contributed by atoms with Gasteiger partial charge in [0.2, 0.25) is 5.91 Å². The first-order valence-electron chi connectivity index (χ1n) is 10.4. The fourth-order valence-electron chi connectivity index (χ4n) is 3.26. The van der Waals surface area contributed by atoms with Crippen LogP contribution in [0.25, 0.3) is 15.9 Å². The van der Waals surface area contributed by atoms with Crippen molar-refractivity contribution in [2.75, 3.05) is 10.6 Å². The van der Waals surface area contributed by atoms with E-state index in [0.717, 1.165) is 5.39 Å². The monoisotopic (exact) mass is 480 g/mol. The van der Waals surface area contributed by atoms with Crippen LogP contribution in [-0.4, -0.2) is 33.7 Å². The molecule has 0 fully saturated rings. The lowest BCUT2D eigenvalue weighted by molar-refractivity contribution is -0.123. The molecule has 0 spiro atoms. The maximum absolute atomic E-state index is 13.3. The molecule has 2 amide bonds. The van der Waals surface area contributed by atoms with Crippen molar-refractivity contribution in [2.24, 2.45) is 0 Å². The maximum atomic E-state index is 13.3. The summed E-state index contributed by atoms with van der Waals surface area (Å²) < 4.78 is 20.3. The number of esters is 1. The largest absolute Gasteiger partial charge is 0.448 e. The number of aromatic nitrogens is 2. The molecule has 174 valence electrons. The number of amides is 2. The van der Waals surface area contributed by atoms with Gasteiger partial charge in [0, 0.05) is 23.7 Å². The van der Waals surface area contributed by atoms with Crippen molar-refractivity contribution >= 4 is 50.7 Å². The van der Waals surface area contributed by atoms with Crippen molar-refractivity contribution in [1.29, 1.82) is 0 Å². The number of nitrogens with zero attached hydrogens (tertiary/aromatic N) is 2. The van der Waals surface area contributed by atoms with Crippen molar-refractivity contribution in [3.63, 3.8) is 0 Å². The van der Waals surface area contributed by atoms with Gasteiger partial charge in [-0.05, 0) is 68.4 Å². The normalized spacial score (nSPS) is 11.8. The lowest BCUT2D eigenvalue weighted by Crippen LogP contribution is -2.29. The van der Waals surface area contributed by atoms with Crippen molar-refractivity contribution in [3.8, 4) is 5.69 Å². The molecule has 2 heterocycles. The number of fused-ring (bicyclic) bond motifs is 1. The summed E-state index contributed by atoms with van der Waals surface area (Å²) >= 11 is 1.18. The third kappa shape index (κ3) is 4.96. The van der Waals surface area contributed by atoms with Crippen LogP contribution < -0.4 is 10.6 Å². The van der Waals surface area contributed by atoms with E-state index in [4.69, 9.17) is 4.74 Å².